The molecule has 1 aliphatic heterocycles. The molecule has 6 heteroatoms. The highest BCUT2D eigenvalue weighted by Gasteiger charge is 2.31. The maximum atomic E-state index is 12.8. The number of benzene rings is 2. The van der Waals surface area contributed by atoms with Gasteiger partial charge in [0.05, 0.1) is 22.7 Å². The number of rotatable bonds is 5. The number of nitrogens with zero attached hydrogens (tertiary/aromatic N) is 2. The summed E-state index contributed by atoms with van der Waals surface area (Å²) in [5.74, 6) is 0.765. The summed E-state index contributed by atoms with van der Waals surface area (Å²) in [5, 5.41) is 9.10. The molecule has 2 aromatic rings. The van der Waals surface area contributed by atoms with E-state index in [1.165, 1.54) is 5.56 Å². The maximum Gasteiger partial charge on any atom is 0.265 e. The van der Waals surface area contributed by atoms with Crippen LogP contribution in [0, 0.1) is 11.3 Å². The van der Waals surface area contributed by atoms with E-state index >= 15 is 0 Å². The minimum atomic E-state index is -0.110. The molecule has 1 amide bonds. The molecule has 1 heterocycles. The van der Waals surface area contributed by atoms with Crippen molar-refractivity contribution in [2.75, 3.05) is 18.1 Å². The summed E-state index contributed by atoms with van der Waals surface area (Å²) in [6.45, 7) is 4.21. The second kappa shape index (κ2) is 7.79. The van der Waals surface area contributed by atoms with Crippen LogP contribution in [-0.4, -0.2) is 25.2 Å². The monoisotopic (exact) mass is 414 g/mol. The molecule has 0 saturated carbocycles. The third kappa shape index (κ3) is 3.54. The summed E-state index contributed by atoms with van der Waals surface area (Å²) >= 11 is 3.40. The molecule has 1 unspecified atom stereocenters. The fourth-order valence-corrected chi connectivity index (χ4v) is 3.74. The average molecular weight is 415 g/mol. The van der Waals surface area contributed by atoms with Crippen molar-refractivity contribution in [2.45, 2.75) is 26.3 Å². The predicted octanol–water partition coefficient (Wildman–Crippen LogP) is 4.08. The van der Waals surface area contributed by atoms with Crippen LogP contribution < -0.4 is 14.4 Å². The first-order valence-electron chi connectivity index (χ1n) is 8.44. The van der Waals surface area contributed by atoms with Crippen LogP contribution in [0.25, 0.3) is 0 Å². The van der Waals surface area contributed by atoms with Gasteiger partial charge >= 0.3 is 0 Å². The smallest absolute Gasteiger partial charge is 0.265 e. The molecule has 134 valence electrons. The lowest BCUT2D eigenvalue weighted by molar-refractivity contribution is -0.120. The second-order valence-electron chi connectivity index (χ2n) is 6.06. The number of nitriles is 1. The molecule has 1 aliphatic rings. The van der Waals surface area contributed by atoms with Crippen LogP contribution in [0.2, 0.25) is 0 Å². The van der Waals surface area contributed by atoms with Gasteiger partial charge in [-0.1, -0.05) is 18.2 Å². The number of anilines is 1. The van der Waals surface area contributed by atoms with E-state index in [9.17, 15) is 4.79 Å². The third-order valence-electron chi connectivity index (χ3n) is 4.25. The molecular formula is C20H19BrN2O3. The summed E-state index contributed by atoms with van der Waals surface area (Å²) < 4.78 is 11.9. The van der Waals surface area contributed by atoms with E-state index in [0.717, 1.165) is 12.1 Å². The molecule has 0 aliphatic carbocycles. The number of ether oxygens (including phenoxy) is 2. The molecule has 0 N–H and O–H groups in total. The van der Waals surface area contributed by atoms with Gasteiger partial charge < -0.3 is 14.4 Å². The summed E-state index contributed by atoms with van der Waals surface area (Å²) in [6, 6.07) is 13.4. The molecule has 0 radical (unpaired) electrons. The van der Waals surface area contributed by atoms with Crippen LogP contribution in [0.4, 0.5) is 5.69 Å². The Morgan fingerprint density at radius 3 is 2.85 bits per heavy atom. The number of halogens is 1. The van der Waals surface area contributed by atoms with Gasteiger partial charge in [0.2, 0.25) is 0 Å². The van der Waals surface area contributed by atoms with Crippen molar-refractivity contribution in [3.8, 4) is 17.6 Å². The lowest BCUT2D eigenvalue weighted by atomic mass is 10.1. The zero-order valence-corrected chi connectivity index (χ0v) is 16.2. The van der Waals surface area contributed by atoms with Gasteiger partial charge in [0.25, 0.3) is 5.91 Å². The van der Waals surface area contributed by atoms with Crippen molar-refractivity contribution >= 4 is 27.5 Å². The van der Waals surface area contributed by atoms with E-state index in [1.54, 1.807) is 17.0 Å². The number of carbonyl (C=O) groups is 1. The zero-order chi connectivity index (χ0) is 18.7. The second-order valence-corrected chi connectivity index (χ2v) is 6.92. The molecule has 0 aromatic heterocycles. The third-order valence-corrected chi connectivity index (χ3v) is 4.84. The van der Waals surface area contributed by atoms with Crippen molar-refractivity contribution in [3.05, 3.63) is 52.0 Å². The highest BCUT2D eigenvalue weighted by atomic mass is 79.9. The Balaban J connectivity index is 1.79. The molecule has 0 spiro atoms. The van der Waals surface area contributed by atoms with E-state index in [1.807, 2.05) is 38.1 Å². The van der Waals surface area contributed by atoms with Gasteiger partial charge in [0.1, 0.15) is 0 Å². The van der Waals surface area contributed by atoms with Crippen molar-refractivity contribution in [3.63, 3.8) is 0 Å². The van der Waals surface area contributed by atoms with Crippen molar-refractivity contribution in [2.24, 2.45) is 0 Å². The van der Waals surface area contributed by atoms with Gasteiger partial charge in [-0.15, -0.1) is 0 Å². The van der Waals surface area contributed by atoms with Crippen LogP contribution in [-0.2, 0) is 11.2 Å². The van der Waals surface area contributed by atoms with Crippen LogP contribution in [0.3, 0.4) is 0 Å². The van der Waals surface area contributed by atoms with Crippen LogP contribution >= 0.6 is 15.9 Å². The van der Waals surface area contributed by atoms with Crippen LogP contribution in [0.1, 0.15) is 25.0 Å². The van der Waals surface area contributed by atoms with Crippen molar-refractivity contribution in [1.82, 2.24) is 0 Å². The van der Waals surface area contributed by atoms with E-state index in [2.05, 4.69) is 22.0 Å². The van der Waals surface area contributed by atoms with Gasteiger partial charge in [0, 0.05) is 17.8 Å². The SMILES string of the molecule is CCOc1cc(C#N)cc(Br)c1OCC(=O)N1c2ccccc2CC1C. The van der Waals surface area contributed by atoms with Gasteiger partial charge in [-0.2, -0.15) is 5.26 Å². The first-order chi connectivity index (χ1) is 12.5. The van der Waals surface area contributed by atoms with Crippen LogP contribution in [0.15, 0.2) is 40.9 Å². The number of amides is 1. The van der Waals surface area contributed by atoms with Gasteiger partial charge in [-0.3, -0.25) is 4.79 Å². The normalized spacial score (nSPS) is 15.3. The Labute approximate surface area is 161 Å². The van der Waals surface area contributed by atoms with Gasteiger partial charge in [-0.25, -0.2) is 0 Å². The fraction of sp³-hybridized carbons (Fsp3) is 0.300. The molecule has 5 nitrogen and oxygen atoms in total. The largest absolute Gasteiger partial charge is 0.490 e. The standard InChI is InChI=1S/C20H19BrN2O3/c1-3-25-18-10-14(11-22)9-16(21)20(18)26-12-19(24)23-13(2)8-15-6-4-5-7-17(15)23/h4-7,9-10,13H,3,8,12H2,1-2H3. The van der Waals surface area contributed by atoms with Crippen LogP contribution in [0.5, 0.6) is 11.5 Å². The minimum absolute atomic E-state index is 0.0965. The maximum absolute atomic E-state index is 12.8. The lowest BCUT2D eigenvalue weighted by Gasteiger charge is -2.23. The van der Waals surface area contributed by atoms with Gasteiger partial charge in [0.15, 0.2) is 18.1 Å². The molecule has 1 atom stereocenters. The predicted molar refractivity (Wildman–Crippen MR) is 103 cm³/mol. The number of fused-ring (bicyclic) bond motifs is 1. The number of hydrogen-bond acceptors (Lipinski definition) is 4. The number of hydrogen-bond donors (Lipinski definition) is 0. The Kier molecular flexibility index (Phi) is 5.48. The Bertz CT molecular complexity index is 876. The van der Waals surface area contributed by atoms with Gasteiger partial charge in [-0.05, 0) is 53.9 Å². The first kappa shape index (κ1) is 18.3. The highest BCUT2D eigenvalue weighted by molar-refractivity contribution is 9.10. The Morgan fingerprint density at radius 1 is 1.35 bits per heavy atom. The minimum Gasteiger partial charge on any atom is -0.490 e. The molecule has 2 aromatic carbocycles. The number of carbonyl (C=O) groups excluding carboxylic acids is 1. The Hall–Kier alpha value is -2.52. The van der Waals surface area contributed by atoms with E-state index in [-0.39, 0.29) is 18.6 Å². The first-order valence-corrected chi connectivity index (χ1v) is 9.23. The van der Waals surface area contributed by atoms with E-state index < -0.39 is 0 Å². The van der Waals surface area contributed by atoms with E-state index in [4.69, 9.17) is 14.7 Å². The van der Waals surface area contributed by atoms with E-state index in [0.29, 0.717) is 28.1 Å². The molecule has 26 heavy (non-hydrogen) atoms. The lowest BCUT2D eigenvalue weighted by Crippen LogP contribution is -2.39. The average Bonchev–Trinajstić information content (AvgIpc) is 2.96. The van der Waals surface area contributed by atoms with Crippen molar-refractivity contribution < 1.29 is 14.3 Å². The number of para-hydroxylation sites is 1. The molecule has 0 bridgehead atoms. The zero-order valence-electron chi connectivity index (χ0n) is 14.7. The highest BCUT2D eigenvalue weighted by Crippen LogP contribution is 2.37. The Morgan fingerprint density at radius 2 is 2.12 bits per heavy atom. The molecule has 3 rings (SSSR count). The summed E-state index contributed by atoms with van der Waals surface area (Å²) in [4.78, 5) is 14.6. The molecule has 0 fully saturated rings. The topological polar surface area (TPSA) is 62.6 Å². The molecular weight excluding hydrogens is 396 g/mol. The fourth-order valence-electron chi connectivity index (χ4n) is 3.18. The van der Waals surface area contributed by atoms with Crippen molar-refractivity contribution in [1.29, 1.82) is 5.26 Å². The summed E-state index contributed by atoms with van der Waals surface area (Å²) in [7, 11) is 0. The summed E-state index contributed by atoms with van der Waals surface area (Å²) in [5.41, 5.74) is 2.57. The molecule has 0 saturated heterocycles. The quantitative estimate of drug-likeness (QED) is 0.739. The summed E-state index contributed by atoms with van der Waals surface area (Å²) in [6.07, 6.45) is 0.840.